The molecule has 0 spiro atoms. The molecule has 0 aliphatic heterocycles. The van der Waals surface area contributed by atoms with E-state index >= 15 is 0 Å². The Bertz CT molecular complexity index is 835. The van der Waals surface area contributed by atoms with Crippen LogP contribution < -0.4 is 4.74 Å². The fourth-order valence-electron chi connectivity index (χ4n) is 2.02. The van der Waals surface area contributed by atoms with E-state index < -0.39 is 5.82 Å². The third-order valence-electron chi connectivity index (χ3n) is 3.08. The molecular formula is C15H12FN3O2S. The van der Waals surface area contributed by atoms with Crippen molar-refractivity contribution in [1.29, 1.82) is 0 Å². The molecule has 0 saturated carbocycles. The lowest BCUT2D eigenvalue weighted by atomic mass is 10.1. The second-order valence-electron chi connectivity index (χ2n) is 4.47. The SMILES string of the molecule is COc1ccc(F)cc1C(=O)CSc1nnc2ccccn12. The smallest absolute Gasteiger partial charge is 0.196 e. The zero-order valence-corrected chi connectivity index (χ0v) is 12.5. The number of halogens is 1. The van der Waals surface area contributed by atoms with Crippen LogP contribution >= 0.6 is 11.8 Å². The maximum atomic E-state index is 13.3. The molecular weight excluding hydrogens is 305 g/mol. The summed E-state index contributed by atoms with van der Waals surface area (Å²) in [5, 5.41) is 8.66. The first-order valence-electron chi connectivity index (χ1n) is 6.48. The molecule has 2 aromatic heterocycles. The Balaban J connectivity index is 1.79. The van der Waals surface area contributed by atoms with Crippen molar-refractivity contribution in [3.8, 4) is 5.75 Å². The van der Waals surface area contributed by atoms with Gasteiger partial charge in [-0.25, -0.2) is 4.39 Å². The van der Waals surface area contributed by atoms with Gasteiger partial charge in [-0.15, -0.1) is 10.2 Å². The summed E-state index contributed by atoms with van der Waals surface area (Å²) in [4.78, 5) is 12.3. The topological polar surface area (TPSA) is 56.5 Å². The van der Waals surface area contributed by atoms with Crippen LogP contribution in [0.1, 0.15) is 10.4 Å². The Labute approximate surface area is 130 Å². The second kappa shape index (κ2) is 6.15. The Morgan fingerprint density at radius 2 is 2.18 bits per heavy atom. The summed E-state index contributed by atoms with van der Waals surface area (Å²) in [7, 11) is 1.45. The Morgan fingerprint density at radius 3 is 3.00 bits per heavy atom. The third-order valence-corrected chi connectivity index (χ3v) is 4.02. The largest absolute Gasteiger partial charge is 0.496 e. The average Bonchev–Trinajstić information content (AvgIpc) is 2.96. The van der Waals surface area contributed by atoms with E-state index in [1.807, 2.05) is 24.4 Å². The van der Waals surface area contributed by atoms with Crippen molar-refractivity contribution in [2.75, 3.05) is 12.9 Å². The Morgan fingerprint density at radius 1 is 1.32 bits per heavy atom. The number of ether oxygens (including phenoxy) is 1. The predicted molar refractivity (Wildman–Crippen MR) is 81.0 cm³/mol. The number of pyridine rings is 1. The molecule has 0 atom stereocenters. The number of aromatic nitrogens is 3. The number of rotatable bonds is 5. The van der Waals surface area contributed by atoms with Gasteiger partial charge in [-0.2, -0.15) is 0 Å². The van der Waals surface area contributed by atoms with Gasteiger partial charge in [0, 0.05) is 6.20 Å². The lowest BCUT2D eigenvalue weighted by Crippen LogP contribution is -2.06. The van der Waals surface area contributed by atoms with Crippen molar-refractivity contribution < 1.29 is 13.9 Å². The van der Waals surface area contributed by atoms with E-state index in [-0.39, 0.29) is 17.1 Å². The van der Waals surface area contributed by atoms with Crippen LogP contribution in [0.4, 0.5) is 4.39 Å². The number of methoxy groups -OCH3 is 1. The van der Waals surface area contributed by atoms with Gasteiger partial charge in [0.2, 0.25) is 0 Å². The monoisotopic (exact) mass is 317 g/mol. The summed E-state index contributed by atoms with van der Waals surface area (Å²) in [6, 6.07) is 9.44. The number of hydrogen-bond donors (Lipinski definition) is 0. The van der Waals surface area contributed by atoms with Gasteiger partial charge in [-0.05, 0) is 30.3 Å². The van der Waals surface area contributed by atoms with Crippen LogP contribution in [0.25, 0.3) is 5.65 Å². The van der Waals surface area contributed by atoms with Gasteiger partial charge in [-0.1, -0.05) is 17.8 Å². The molecule has 0 unspecified atom stereocenters. The third kappa shape index (κ3) is 2.80. The van der Waals surface area contributed by atoms with Crippen molar-refractivity contribution in [2.45, 2.75) is 5.16 Å². The minimum absolute atomic E-state index is 0.121. The number of hydrogen-bond acceptors (Lipinski definition) is 5. The Hall–Kier alpha value is -2.41. The molecule has 0 fully saturated rings. The van der Waals surface area contributed by atoms with Crippen LogP contribution in [0, 0.1) is 5.82 Å². The Kier molecular flexibility index (Phi) is 4.06. The fraction of sp³-hybridized carbons (Fsp3) is 0.133. The highest BCUT2D eigenvalue weighted by Gasteiger charge is 2.15. The zero-order valence-electron chi connectivity index (χ0n) is 11.7. The summed E-state index contributed by atoms with van der Waals surface area (Å²) < 4.78 is 20.2. The van der Waals surface area contributed by atoms with Gasteiger partial charge in [0.05, 0.1) is 18.4 Å². The highest BCUT2D eigenvalue weighted by atomic mass is 32.2. The van der Waals surface area contributed by atoms with E-state index in [2.05, 4.69) is 10.2 Å². The van der Waals surface area contributed by atoms with Crippen LogP contribution in [-0.2, 0) is 0 Å². The van der Waals surface area contributed by atoms with Gasteiger partial charge in [-0.3, -0.25) is 9.20 Å². The number of thioether (sulfide) groups is 1. The summed E-state index contributed by atoms with van der Waals surface area (Å²) in [5.41, 5.74) is 0.935. The number of fused-ring (bicyclic) bond motifs is 1. The van der Waals surface area contributed by atoms with E-state index in [0.717, 1.165) is 0 Å². The standard InChI is InChI=1S/C15H12FN3O2S/c1-21-13-6-5-10(16)8-11(13)12(20)9-22-15-18-17-14-4-2-3-7-19(14)15/h2-8H,9H2,1H3. The van der Waals surface area contributed by atoms with Crippen LogP contribution in [0.2, 0.25) is 0 Å². The highest BCUT2D eigenvalue weighted by Crippen LogP contribution is 2.23. The molecule has 112 valence electrons. The second-order valence-corrected chi connectivity index (χ2v) is 5.41. The van der Waals surface area contributed by atoms with E-state index in [1.165, 1.54) is 37.1 Å². The molecule has 1 aromatic carbocycles. The molecule has 0 saturated heterocycles. The highest BCUT2D eigenvalue weighted by molar-refractivity contribution is 7.99. The van der Waals surface area contributed by atoms with Crippen LogP contribution in [-0.4, -0.2) is 33.2 Å². The van der Waals surface area contributed by atoms with Crippen LogP contribution in [0.3, 0.4) is 0 Å². The molecule has 0 bridgehead atoms. The first-order chi connectivity index (χ1) is 10.7. The quantitative estimate of drug-likeness (QED) is 0.535. The van der Waals surface area contributed by atoms with Crippen molar-refractivity contribution in [3.05, 3.63) is 54.0 Å². The van der Waals surface area contributed by atoms with Crippen molar-refractivity contribution in [2.24, 2.45) is 0 Å². The molecule has 0 aliphatic rings. The lowest BCUT2D eigenvalue weighted by molar-refractivity contribution is 0.101. The molecule has 3 rings (SSSR count). The van der Waals surface area contributed by atoms with E-state index in [9.17, 15) is 9.18 Å². The number of Topliss-reactive ketones (excluding diaryl/α,β-unsaturated/α-hetero) is 1. The van der Waals surface area contributed by atoms with Gasteiger partial charge in [0.15, 0.2) is 16.6 Å². The maximum absolute atomic E-state index is 13.3. The minimum atomic E-state index is -0.470. The molecule has 3 aromatic rings. The molecule has 7 heteroatoms. The number of carbonyl (C=O) groups excluding carboxylic acids is 1. The van der Waals surface area contributed by atoms with Gasteiger partial charge in [0.25, 0.3) is 0 Å². The normalized spacial score (nSPS) is 10.8. The summed E-state index contributed by atoms with van der Waals surface area (Å²) in [5.74, 6) is -0.218. The van der Waals surface area contributed by atoms with Crippen molar-refractivity contribution in [3.63, 3.8) is 0 Å². The summed E-state index contributed by atoms with van der Waals surface area (Å²) in [6.07, 6.45) is 1.82. The molecule has 2 heterocycles. The van der Waals surface area contributed by atoms with Gasteiger partial charge in [0.1, 0.15) is 11.6 Å². The average molecular weight is 317 g/mol. The van der Waals surface area contributed by atoms with Gasteiger partial charge >= 0.3 is 0 Å². The number of nitrogens with zero attached hydrogens (tertiary/aromatic N) is 3. The van der Waals surface area contributed by atoms with Gasteiger partial charge < -0.3 is 4.74 Å². The number of ketones is 1. The maximum Gasteiger partial charge on any atom is 0.196 e. The first-order valence-corrected chi connectivity index (χ1v) is 7.47. The van der Waals surface area contributed by atoms with Crippen molar-refractivity contribution in [1.82, 2.24) is 14.6 Å². The molecule has 5 nitrogen and oxygen atoms in total. The van der Waals surface area contributed by atoms with E-state index in [1.54, 1.807) is 4.40 Å². The molecule has 0 radical (unpaired) electrons. The van der Waals surface area contributed by atoms with Crippen LogP contribution in [0.5, 0.6) is 5.75 Å². The molecule has 0 amide bonds. The first kappa shape index (κ1) is 14.5. The van der Waals surface area contributed by atoms with Crippen molar-refractivity contribution >= 4 is 23.2 Å². The number of benzene rings is 1. The lowest BCUT2D eigenvalue weighted by Gasteiger charge is -2.07. The molecule has 0 aliphatic carbocycles. The molecule has 22 heavy (non-hydrogen) atoms. The number of carbonyl (C=O) groups is 1. The summed E-state index contributed by atoms with van der Waals surface area (Å²) >= 11 is 1.25. The molecule has 0 N–H and O–H groups in total. The summed E-state index contributed by atoms with van der Waals surface area (Å²) in [6.45, 7) is 0. The predicted octanol–water partition coefficient (Wildman–Crippen LogP) is 2.85. The zero-order chi connectivity index (χ0) is 15.5. The minimum Gasteiger partial charge on any atom is -0.496 e. The van der Waals surface area contributed by atoms with Crippen LogP contribution in [0.15, 0.2) is 47.8 Å². The fourth-order valence-corrected chi connectivity index (χ4v) is 2.83. The van der Waals surface area contributed by atoms with E-state index in [4.69, 9.17) is 4.74 Å². The van der Waals surface area contributed by atoms with E-state index in [0.29, 0.717) is 16.6 Å².